The topological polar surface area (TPSA) is 106 Å². The van der Waals surface area contributed by atoms with Gasteiger partial charge in [-0.25, -0.2) is 21.5 Å². The van der Waals surface area contributed by atoms with Crippen LogP contribution in [0.2, 0.25) is 0 Å². The normalized spacial score (nSPS) is 10.7. The first kappa shape index (κ1) is 20.3. The van der Waals surface area contributed by atoms with Gasteiger partial charge < -0.3 is 4.74 Å². The average molecular weight is 413 g/mol. The number of aromatic nitrogens is 1. The van der Waals surface area contributed by atoms with E-state index in [4.69, 9.17) is 16.4 Å². The molecule has 0 aliphatic heterocycles. The maximum Gasteiger partial charge on any atom is 0.350 e. The molecule has 5 N–H and O–H groups in total. The van der Waals surface area contributed by atoms with Crippen LogP contribution in [-0.4, -0.2) is 11.0 Å². The molecule has 0 fully saturated rings. The number of amides is 2. The van der Waals surface area contributed by atoms with E-state index in [2.05, 4.69) is 11.1 Å². The second kappa shape index (κ2) is 8.83. The zero-order valence-corrected chi connectivity index (χ0v) is 17.1. The lowest BCUT2D eigenvalue weighted by molar-refractivity contribution is 0.246. The lowest BCUT2D eigenvalue weighted by Crippen LogP contribution is -2.48. The van der Waals surface area contributed by atoms with E-state index in [9.17, 15) is 4.79 Å². The lowest BCUT2D eigenvalue weighted by Gasteiger charge is -2.21. The van der Waals surface area contributed by atoms with Gasteiger partial charge in [0.15, 0.2) is 0 Å². The van der Waals surface area contributed by atoms with E-state index in [1.165, 1.54) is 0 Å². The number of pyridine rings is 1. The van der Waals surface area contributed by atoms with Crippen LogP contribution in [0.5, 0.6) is 5.75 Å². The number of carbonyl (C=O) groups excluding carboxylic acids is 1. The van der Waals surface area contributed by atoms with Gasteiger partial charge in [0, 0.05) is 17.1 Å². The Kier molecular flexibility index (Phi) is 5.79. The molecule has 31 heavy (non-hydrogen) atoms. The molecule has 0 aliphatic carbocycles. The Hall–Kier alpha value is -3.94. The highest BCUT2D eigenvalue weighted by atomic mass is 16.5. The van der Waals surface area contributed by atoms with Crippen molar-refractivity contribution in [2.75, 3.05) is 5.01 Å². The molecular weight excluding hydrogens is 390 g/mol. The predicted molar refractivity (Wildman–Crippen MR) is 122 cm³/mol. The Labute approximate surface area is 180 Å². The monoisotopic (exact) mass is 413 g/mol. The number of fused-ring (bicyclic) bond motifs is 1. The zero-order valence-electron chi connectivity index (χ0n) is 17.1. The number of ether oxygens (including phenoxy) is 1. The zero-order chi connectivity index (χ0) is 21.8. The Bertz CT molecular complexity index is 1240. The molecule has 1 aromatic heterocycles. The maximum atomic E-state index is 11.9. The number of hydrazine groups is 2. The van der Waals surface area contributed by atoms with Crippen LogP contribution in [0.3, 0.4) is 0 Å². The third-order valence-corrected chi connectivity index (χ3v) is 5.14. The Morgan fingerprint density at radius 2 is 1.84 bits per heavy atom. The minimum atomic E-state index is -0.611. The van der Waals surface area contributed by atoms with E-state index in [1.807, 2.05) is 73.0 Å². The number of hydrogen-bond acceptors (Lipinski definition) is 5. The molecule has 0 unspecified atom stereocenters. The van der Waals surface area contributed by atoms with Crippen molar-refractivity contribution in [2.24, 2.45) is 11.7 Å². The minimum Gasteiger partial charge on any atom is -0.489 e. The van der Waals surface area contributed by atoms with Gasteiger partial charge in [0.05, 0.1) is 11.2 Å². The number of urea groups is 1. The molecule has 7 heteroatoms. The van der Waals surface area contributed by atoms with E-state index in [0.29, 0.717) is 11.4 Å². The molecule has 0 saturated carbocycles. The van der Waals surface area contributed by atoms with Gasteiger partial charge in [0.25, 0.3) is 0 Å². The van der Waals surface area contributed by atoms with Crippen LogP contribution in [0.15, 0.2) is 79.0 Å². The quantitative estimate of drug-likeness (QED) is 0.260. The number of nitrogens with one attached hydrogen (secondary N) is 1. The molecule has 4 aromatic rings. The third-order valence-electron chi connectivity index (χ3n) is 5.14. The number of anilines is 1. The van der Waals surface area contributed by atoms with E-state index in [-0.39, 0.29) is 6.61 Å². The first-order valence-corrected chi connectivity index (χ1v) is 9.79. The Balaban J connectivity index is 1.58. The molecule has 4 rings (SSSR count). The van der Waals surface area contributed by atoms with E-state index < -0.39 is 6.03 Å². The van der Waals surface area contributed by atoms with Crippen LogP contribution >= 0.6 is 0 Å². The predicted octanol–water partition coefficient (Wildman–Crippen LogP) is 4.05. The molecule has 3 aromatic carbocycles. The van der Waals surface area contributed by atoms with Crippen LogP contribution < -0.4 is 26.9 Å². The van der Waals surface area contributed by atoms with Crippen molar-refractivity contribution in [1.82, 2.24) is 10.4 Å². The summed E-state index contributed by atoms with van der Waals surface area (Å²) >= 11 is 0. The molecule has 2 amide bonds. The number of benzene rings is 3. The highest BCUT2D eigenvalue weighted by molar-refractivity contribution is 5.91. The highest BCUT2D eigenvalue weighted by Crippen LogP contribution is 2.28. The minimum absolute atomic E-state index is 0.249. The summed E-state index contributed by atoms with van der Waals surface area (Å²) in [6.45, 7) is 2.19. The van der Waals surface area contributed by atoms with Crippen LogP contribution in [0.4, 0.5) is 10.5 Å². The number of rotatable bonds is 5. The van der Waals surface area contributed by atoms with Crippen molar-refractivity contribution < 1.29 is 9.53 Å². The van der Waals surface area contributed by atoms with E-state index in [1.54, 1.807) is 12.3 Å². The SMILES string of the molecule is Cc1cccc(N(N)C(=O)NN)c1COc1cccc(-c2ccc3ncccc3c2)c1. The number of aryl methyl sites for hydroxylation is 1. The first-order valence-electron chi connectivity index (χ1n) is 9.79. The number of nitrogens with two attached hydrogens (primary N) is 2. The van der Waals surface area contributed by atoms with Crippen LogP contribution in [0.25, 0.3) is 22.0 Å². The van der Waals surface area contributed by atoms with Crippen LogP contribution in [-0.2, 0) is 6.61 Å². The van der Waals surface area contributed by atoms with Gasteiger partial charge in [-0.05, 0) is 60.0 Å². The standard InChI is InChI=1S/C24H23N5O2/c1-16-5-2-9-23(29(26)24(30)28-25)21(16)15-31-20-8-3-6-17(14-20)18-10-11-22-19(13-18)7-4-12-27-22/h2-14H,15,25-26H2,1H3,(H,28,30). The van der Waals surface area contributed by atoms with Crippen molar-refractivity contribution in [3.63, 3.8) is 0 Å². The molecule has 7 nitrogen and oxygen atoms in total. The number of hydrogen-bond donors (Lipinski definition) is 3. The molecular formula is C24H23N5O2. The summed E-state index contributed by atoms with van der Waals surface area (Å²) in [5.74, 6) is 11.8. The molecule has 0 aliphatic rings. The van der Waals surface area contributed by atoms with Gasteiger partial charge in [-0.3, -0.25) is 10.4 Å². The smallest absolute Gasteiger partial charge is 0.350 e. The Morgan fingerprint density at radius 1 is 1.03 bits per heavy atom. The molecule has 0 atom stereocenters. The lowest BCUT2D eigenvalue weighted by atomic mass is 10.0. The fourth-order valence-electron chi connectivity index (χ4n) is 3.46. The van der Waals surface area contributed by atoms with Crippen LogP contribution in [0, 0.1) is 6.92 Å². The van der Waals surface area contributed by atoms with Crippen molar-refractivity contribution in [1.29, 1.82) is 0 Å². The molecule has 156 valence electrons. The summed E-state index contributed by atoms with van der Waals surface area (Å²) in [5, 5.41) is 2.06. The van der Waals surface area contributed by atoms with Gasteiger partial charge in [0.2, 0.25) is 0 Å². The van der Waals surface area contributed by atoms with Crippen molar-refractivity contribution >= 4 is 22.6 Å². The van der Waals surface area contributed by atoms with Gasteiger partial charge in [-0.2, -0.15) is 0 Å². The summed E-state index contributed by atoms with van der Waals surface area (Å²) < 4.78 is 6.07. The summed E-state index contributed by atoms with van der Waals surface area (Å²) in [6.07, 6.45) is 1.79. The van der Waals surface area contributed by atoms with E-state index >= 15 is 0 Å². The maximum absolute atomic E-state index is 11.9. The first-order chi connectivity index (χ1) is 15.1. The fraction of sp³-hybridized carbons (Fsp3) is 0.0833. The largest absolute Gasteiger partial charge is 0.489 e. The van der Waals surface area contributed by atoms with Gasteiger partial charge in [-0.15, -0.1) is 0 Å². The molecule has 0 radical (unpaired) electrons. The average Bonchev–Trinajstić information content (AvgIpc) is 2.82. The highest BCUT2D eigenvalue weighted by Gasteiger charge is 2.16. The van der Waals surface area contributed by atoms with Crippen molar-refractivity contribution in [3.05, 3.63) is 90.1 Å². The summed E-state index contributed by atoms with van der Waals surface area (Å²) in [7, 11) is 0. The van der Waals surface area contributed by atoms with Gasteiger partial charge >= 0.3 is 6.03 Å². The van der Waals surface area contributed by atoms with E-state index in [0.717, 1.165) is 38.2 Å². The van der Waals surface area contributed by atoms with Crippen LogP contribution in [0.1, 0.15) is 11.1 Å². The van der Waals surface area contributed by atoms with Gasteiger partial charge in [-0.1, -0.05) is 36.4 Å². The van der Waals surface area contributed by atoms with Gasteiger partial charge in [0.1, 0.15) is 12.4 Å². The van der Waals surface area contributed by atoms with Crippen molar-refractivity contribution in [3.8, 4) is 16.9 Å². The summed E-state index contributed by atoms with van der Waals surface area (Å²) in [4.78, 5) is 16.2. The fourth-order valence-corrected chi connectivity index (χ4v) is 3.46. The molecule has 0 bridgehead atoms. The molecule has 0 saturated heterocycles. The number of carbonyl (C=O) groups is 1. The number of nitrogens with zero attached hydrogens (tertiary/aromatic N) is 2. The van der Waals surface area contributed by atoms with Crippen molar-refractivity contribution in [2.45, 2.75) is 13.5 Å². The Morgan fingerprint density at radius 3 is 2.68 bits per heavy atom. The summed E-state index contributed by atoms with van der Waals surface area (Å²) in [6, 6.07) is 22.9. The second-order valence-electron chi connectivity index (χ2n) is 7.12. The molecule has 0 spiro atoms. The molecule has 1 heterocycles. The summed E-state index contributed by atoms with van der Waals surface area (Å²) in [5.41, 5.74) is 7.40. The third kappa shape index (κ3) is 4.32. The second-order valence-corrected chi connectivity index (χ2v) is 7.12.